The Balaban J connectivity index is 2.28. The summed E-state index contributed by atoms with van der Waals surface area (Å²) in [4.78, 5) is 0.203. The van der Waals surface area contributed by atoms with Crippen LogP contribution in [0.5, 0.6) is 0 Å². The summed E-state index contributed by atoms with van der Waals surface area (Å²) in [5.41, 5.74) is 1.68. The zero-order valence-electron chi connectivity index (χ0n) is 12.3. The molecule has 0 radical (unpaired) electrons. The topological polar surface area (TPSA) is 46.2 Å². The van der Waals surface area contributed by atoms with E-state index in [9.17, 15) is 12.8 Å². The Hall–Kier alpha value is -1.98. The Morgan fingerprint density at radius 2 is 1.73 bits per heavy atom. The Morgan fingerprint density at radius 3 is 2.27 bits per heavy atom. The van der Waals surface area contributed by atoms with Crippen LogP contribution in [-0.4, -0.2) is 8.42 Å². The minimum Gasteiger partial charge on any atom is -0.207 e. The first-order valence-electron chi connectivity index (χ1n) is 6.88. The van der Waals surface area contributed by atoms with E-state index in [1.54, 1.807) is 42.5 Å². The van der Waals surface area contributed by atoms with Gasteiger partial charge in [-0.15, -0.1) is 6.58 Å². The van der Waals surface area contributed by atoms with Crippen molar-refractivity contribution < 1.29 is 12.8 Å². The van der Waals surface area contributed by atoms with E-state index in [1.807, 2.05) is 6.92 Å². The Morgan fingerprint density at radius 1 is 1.14 bits per heavy atom. The standard InChI is InChI=1S/C17H18FNO2S/c1-3-4-17(14-7-9-15(18)10-8-14)19-22(20,21)16-11-5-13(2)6-12-16/h3,5-12,17,19H,1,4H2,2H3. The summed E-state index contributed by atoms with van der Waals surface area (Å²) < 4.78 is 40.6. The van der Waals surface area contributed by atoms with Crippen molar-refractivity contribution in [2.75, 3.05) is 0 Å². The zero-order valence-corrected chi connectivity index (χ0v) is 13.1. The summed E-state index contributed by atoms with van der Waals surface area (Å²) in [6, 6.07) is 11.9. The lowest BCUT2D eigenvalue weighted by Gasteiger charge is -2.18. The number of aryl methyl sites for hydroxylation is 1. The number of rotatable bonds is 6. The number of sulfonamides is 1. The van der Waals surface area contributed by atoms with Crippen LogP contribution in [0, 0.1) is 12.7 Å². The molecule has 0 amide bonds. The summed E-state index contributed by atoms with van der Waals surface area (Å²) in [5, 5.41) is 0. The van der Waals surface area contributed by atoms with Crippen molar-refractivity contribution in [3.05, 3.63) is 78.1 Å². The second-order valence-corrected chi connectivity index (χ2v) is 6.78. The molecule has 2 aromatic carbocycles. The average molecular weight is 319 g/mol. The second-order valence-electron chi connectivity index (χ2n) is 5.06. The molecule has 2 aromatic rings. The van der Waals surface area contributed by atoms with E-state index in [-0.39, 0.29) is 10.7 Å². The molecule has 0 saturated heterocycles. The van der Waals surface area contributed by atoms with E-state index in [2.05, 4.69) is 11.3 Å². The lowest BCUT2D eigenvalue weighted by molar-refractivity contribution is 0.557. The molecular formula is C17H18FNO2S. The first kappa shape index (κ1) is 16.4. The fourth-order valence-electron chi connectivity index (χ4n) is 2.09. The molecule has 0 fully saturated rings. The molecule has 0 heterocycles. The minimum atomic E-state index is -3.65. The van der Waals surface area contributed by atoms with Crippen molar-refractivity contribution in [3.8, 4) is 0 Å². The summed E-state index contributed by atoms with van der Waals surface area (Å²) in [5.74, 6) is -0.359. The SMILES string of the molecule is C=CCC(NS(=O)(=O)c1ccc(C)cc1)c1ccc(F)cc1. The molecule has 1 unspecified atom stereocenters. The summed E-state index contributed by atoms with van der Waals surface area (Å²) in [6.45, 7) is 5.54. The molecule has 1 atom stereocenters. The van der Waals surface area contributed by atoms with Crippen LogP contribution in [0.25, 0.3) is 0 Å². The van der Waals surface area contributed by atoms with Gasteiger partial charge in [-0.05, 0) is 43.2 Å². The van der Waals surface area contributed by atoms with Gasteiger partial charge in [-0.2, -0.15) is 0 Å². The molecule has 2 rings (SSSR count). The molecule has 22 heavy (non-hydrogen) atoms. The van der Waals surface area contributed by atoms with Gasteiger partial charge in [0.25, 0.3) is 0 Å². The van der Waals surface area contributed by atoms with Gasteiger partial charge < -0.3 is 0 Å². The first-order chi connectivity index (χ1) is 10.4. The fourth-order valence-corrected chi connectivity index (χ4v) is 3.32. The van der Waals surface area contributed by atoms with E-state index in [4.69, 9.17) is 0 Å². The van der Waals surface area contributed by atoms with Gasteiger partial charge in [-0.25, -0.2) is 17.5 Å². The molecule has 0 aliphatic rings. The van der Waals surface area contributed by atoms with Gasteiger partial charge in [-0.3, -0.25) is 0 Å². The van der Waals surface area contributed by atoms with Crippen molar-refractivity contribution >= 4 is 10.0 Å². The predicted molar refractivity (Wildman–Crippen MR) is 85.5 cm³/mol. The van der Waals surface area contributed by atoms with Crippen LogP contribution in [0.1, 0.15) is 23.6 Å². The average Bonchev–Trinajstić information content (AvgIpc) is 2.48. The molecule has 0 aliphatic carbocycles. The van der Waals surface area contributed by atoms with Gasteiger partial charge in [0.1, 0.15) is 5.82 Å². The number of halogens is 1. The maximum absolute atomic E-state index is 13.0. The van der Waals surface area contributed by atoms with Crippen LogP contribution >= 0.6 is 0 Å². The maximum Gasteiger partial charge on any atom is 0.241 e. The van der Waals surface area contributed by atoms with E-state index < -0.39 is 16.1 Å². The summed E-state index contributed by atoms with van der Waals surface area (Å²) >= 11 is 0. The molecule has 116 valence electrons. The highest BCUT2D eigenvalue weighted by molar-refractivity contribution is 7.89. The third-order valence-electron chi connectivity index (χ3n) is 3.30. The van der Waals surface area contributed by atoms with Gasteiger partial charge in [0.2, 0.25) is 10.0 Å². The highest BCUT2D eigenvalue weighted by Gasteiger charge is 2.20. The predicted octanol–water partition coefficient (Wildman–Crippen LogP) is 3.73. The normalized spacial score (nSPS) is 12.8. The van der Waals surface area contributed by atoms with Crippen LogP contribution in [0.2, 0.25) is 0 Å². The largest absolute Gasteiger partial charge is 0.241 e. The second kappa shape index (κ2) is 6.85. The molecule has 0 aliphatic heterocycles. The molecule has 3 nitrogen and oxygen atoms in total. The van der Waals surface area contributed by atoms with Crippen molar-refractivity contribution in [1.82, 2.24) is 4.72 Å². The van der Waals surface area contributed by atoms with E-state index >= 15 is 0 Å². The van der Waals surface area contributed by atoms with Crippen LogP contribution < -0.4 is 4.72 Å². The molecule has 1 N–H and O–H groups in total. The fraction of sp³-hybridized carbons (Fsp3) is 0.176. The molecule has 5 heteroatoms. The Labute approximate surface area is 130 Å². The number of hydrogen-bond donors (Lipinski definition) is 1. The minimum absolute atomic E-state index is 0.203. The zero-order chi connectivity index (χ0) is 16.2. The maximum atomic E-state index is 13.0. The van der Waals surface area contributed by atoms with Crippen LogP contribution in [0.3, 0.4) is 0 Å². The van der Waals surface area contributed by atoms with Gasteiger partial charge in [0.15, 0.2) is 0 Å². The van der Waals surface area contributed by atoms with Crippen molar-refractivity contribution in [2.24, 2.45) is 0 Å². The molecule has 0 aromatic heterocycles. The number of nitrogens with one attached hydrogen (secondary N) is 1. The third-order valence-corrected chi connectivity index (χ3v) is 4.79. The van der Waals surface area contributed by atoms with Crippen molar-refractivity contribution in [2.45, 2.75) is 24.3 Å². The number of hydrogen-bond acceptors (Lipinski definition) is 2. The van der Waals surface area contributed by atoms with E-state index in [0.29, 0.717) is 12.0 Å². The lowest BCUT2D eigenvalue weighted by Crippen LogP contribution is -2.28. The molecule has 0 saturated carbocycles. The first-order valence-corrected chi connectivity index (χ1v) is 8.36. The quantitative estimate of drug-likeness (QED) is 0.825. The van der Waals surface area contributed by atoms with Crippen LogP contribution in [-0.2, 0) is 10.0 Å². The highest BCUT2D eigenvalue weighted by Crippen LogP contribution is 2.21. The van der Waals surface area contributed by atoms with Crippen molar-refractivity contribution in [3.63, 3.8) is 0 Å². The summed E-state index contributed by atoms with van der Waals surface area (Å²) in [7, 11) is -3.65. The molecular weight excluding hydrogens is 301 g/mol. The molecule has 0 spiro atoms. The number of benzene rings is 2. The van der Waals surface area contributed by atoms with Crippen molar-refractivity contribution in [1.29, 1.82) is 0 Å². The Bertz CT molecular complexity index is 737. The monoisotopic (exact) mass is 319 g/mol. The van der Waals surface area contributed by atoms with Gasteiger partial charge in [-0.1, -0.05) is 35.9 Å². The summed E-state index contributed by atoms with van der Waals surface area (Å²) in [6.07, 6.45) is 2.04. The van der Waals surface area contributed by atoms with Gasteiger partial charge in [0, 0.05) is 0 Å². The third kappa shape index (κ3) is 4.02. The van der Waals surface area contributed by atoms with E-state index in [0.717, 1.165) is 5.56 Å². The van der Waals surface area contributed by atoms with Gasteiger partial charge in [0.05, 0.1) is 10.9 Å². The Kier molecular flexibility index (Phi) is 5.11. The van der Waals surface area contributed by atoms with Crippen LogP contribution in [0.4, 0.5) is 4.39 Å². The highest BCUT2D eigenvalue weighted by atomic mass is 32.2. The smallest absolute Gasteiger partial charge is 0.207 e. The lowest BCUT2D eigenvalue weighted by atomic mass is 10.1. The van der Waals surface area contributed by atoms with Crippen LogP contribution in [0.15, 0.2) is 66.1 Å². The van der Waals surface area contributed by atoms with Gasteiger partial charge >= 0.3 is 0 Å². The molecule has 0 bridgehead atoms. The van der Waals surface area contributed by atoms with E-state index in [1.165, 1.54) is 12.1 Å².